The molecule has 0 bridgehead atoms. The molecule has 0 spiro atoms. The van der Waals surface area contributed by atoms with Crippen LogP contribution in [0.15, 0.2) is 30.3 Å². The minimum absolute atomic E-state index is 0.0760. The number of rotatable bonds is 7. The summed E-state index contributed by atoms with van der Waals surface area (Å²) in [6.45, 7) is 6.12. The lowest BCUT2D eigenvalue weighted by Crippen LogP contribution is -2.37. The maximum Gasteiger partial charge on any atom is 0.506 e. The Balaban J connectivity index is 2.97. The molecule has 0 aliphatic carbocycles. The third kappa shape index (κ3) is 4.24. The Hall–Kier alpha value is -1.55. The lowest BCUT2D eigenvalue weighted by atomic mass is 9.91. The molecule has 19 heavy (non-hydrogen) atoms. The van der Waals surface area contributed by atoms with E-state index in [2.05, 4.69) is 0 Å². The van der Waals surface area contributed by atoms with E-state index in [0.29, 0.717) is 6.42 Å². The first kappa shape index (κ1) is 15.5. The van der Waals surface area contributed by atoms with Gasteiger partial charge >= 0.3 is 6.16 Å². The van der Waals surface area contributed by atoms with Crippen molar-refractivity contribution < 1.29 is 19.4 Å². The van der Waals surface area contributed by atoms with Crippen LogP contribution in [0.1, 0.15) is 39.2 Å². The summed E-state index contributed by atoms with van der Waals surface area (Å²) < 4.78 is 10.9. The van der Waals surface area contributed by atoms with Crippen molar-refractivity contribution in [3.63, 3.8) is 0 Å². The fourth-order valence-corrected chi connectivity index (χ4v) is 1.85. The van der Waals surface area contributed by atoms with E-state index >= 15 is 0 Å². The highest BCUT2D eigenvalue weighted by molar-refractivity contribution is 5.58. The zero-order valence-corrected chi connectivity index (χ0v) is 11.8. The van der Waals surface area contributed by atoms with E-state index < -0.39 is 11.8 Å². The molecule has 0 saturated heterocycles. The molecule has 2 atom stereocenters. The minimum Gasteiger partial charge on any atom is -0.450 e. The SMILES string of the molecule is CCC(C)OCC(CC)(OC(=O)O)c1ccccc1. The second-order valence-corrected chi connectivity index (χ2v) is 4.61. The van der Waals surface area contributed by atoms with E-state index in [9.17, 15) is 4.79 Å². The number of hydrogen-bond acceptors (Lipinski definition) is 3. The standard InChI is InChI=1S/C15H22O4/c1-4-12(3)18-11-15(5-2,19-14(16)17)13-9-7-6-8-10-13/h6-10,12H,4-5,11H2,1-3H3,(H,16,17). The quantitative estimate of drug-likeness (QED) is 0.763. The molecule has 4 nitrogen and oxygen atoms in total. The van der Waals surface area contributed by atoms with E-state index in [1.165, 1.54) is 0 Å². The molecule has 106 valence electrons. The molecule has 0 saturated carbocycles. The third-order valence-electron chi connectivity index (χ3n) is 3.33. The fraction of sp³-hybridized carbons (Fsp3) is 0.533. The Kier molecular flexibility index (Phi) is 5.83. The van der Waals surface area contributed by atoms with Gasteiger partial charge in [0, 0.05) is 0 Å². The Bertz CT molecular complexity index is 390. The summed E-state index contributed by atoms with van der Waals surface area (Å²) >= 11 is 0. The average molecular weight is 266 g/mol. The summed E-state index contributed by atoms with van der Waals surface area (Å²) in [4.78, 5) is 11.0. The van der Waals surface area contributed by atoms with Crippen LogP contribution in [0.4, 0.5) is 4.79 Å². The molecule has 4 heteroatoms. The van der Waals surface area contributed by atoms with Gasteiger partial charge in [-0.15, -0.1) is 0 Å². The summed E-state index contributed by atoms with van der Waals surface area (Å²) in [6, 6.07) is 9.36. The van der Waals surface area contributed by atoms with Crippen molar-refractivity contribution in [1.82, 2.24) is 0 Å². The number of benzene rings is 1. The van der Waals surface area contributed by atoms with Gasteiger partial charge in [-0.25, -0.2) is 4.79 Å². The lowest BCUT2D eigenvalue weighted by molar-refractivity contribution is -0.0952. The minimum atomic E-state index is -1.28. The smallest absolute Gasteiger partial charge is 0.450 e. The lowest BCUT2D eigenvalue weighted by Gasteiger charge is -2.32. The van der Waals surface area contributed by atoms with Gasteiger partial charge in [-0.05, 0) is 25.3 Å². The van der Waals surface area contributed by atoms with Gasteiger partial charge in [-0.1, -0.05) is 44.2 Å². The Morgan fingerprint density at radius 1 is 1.32 bits per heavy atom. The predicted molar refractivity (Wildman–Crippen MR) is 73.2 cm³/mol. The van der Waals surface area contributed by atoms with Crippen molar-refractivity contribution in [2.75, 3.05) is 6.61 Å². The van der Waals surface area contributed by atoms with Gasteiger partial charge < -0.3 is 14.6 Å². The zero-order chi connectivity index (χ0) is 14.3. The highest BCUT2D eigenvalue weighted by Crippen LogP contribution is 2.30. The van der Waals surface area contributed by atoms with Crippen LogP contribution in [0.2, 0.25) is 0 Å². The van der Waals surface area contributed by atoms with Gasteiger partial charge in [-0.3, -0.25) is 0 Å². The van der Waals surface area contributed by atoms with Gasteiger partial charge in [0.05, 0.1) is 12.7 Å². The first-order valence-corrected chi connectivity index (χ1v) is 6.63. The highest BCUT2D eigenvalue weighted by Gasteiger charge is 2.35. The first-order valence-electron chi connectivity index (χ1n) is 6.63. The molecule has 0 fully saturated rings. The normalized spacial score (nSPS) is 15.5. The van der Waals surface area contributed by atoms with Crippen LogP contribution in [0, 0.1) is 0 Å². The number of carboxylic acid groups (broad SMARTS) is 1. The molecule has 1 rings (SSSR count). The van der Waals surface area contributed by atoms with Gasteiger partial charge in [0.2, 0.25) is 0 Å². The van der Waals surface area contributed by atoms with Crippen molar-refractivity contribution in [3.05, 3.63) is 35.9 Å². The third-order valence-corrected chi connectivity index (χ3v) is 3.33. The Morgan fingerprint density at radius 3 is 2.42 bits per heavy atom. The molecule has 1 aromatic rings. The molecule has 0 heterocycles. The summed E-state index contributed by atoms with van der Waals surface area (Å²) in [6.07, 6.45) is 0.201. The molecule has 2 unspecified atom stereocenters. The Labute approximate surface area is 114 Å². The van der Waals surface area contributed by atoms with Gasteiger partial charge in [-0.2, -0.15) is 0 Å². The maximum atomic E-state index is 11.0. The van der Waals surface area contributed by atoms with Crippen LogP contribution < -0.4 is 0 Å². The maximum absolute atomic E-state index is 11.0. The van der Waals surface area contributed by atoms with Crippen molar-refractivity contribution in [2.45, 2.75) is 45.3 Å². The summed E-state index contributed by atoms with van der Waals surface area (Å²) in [5.74, 6) is 0. The topological polar surface area (TPSA) is 55.8 Å². The highest BCUT2D eigenvalue weighted by atomic mass is 16.7. The van der Waals surface area contributed by atoms with Crippen LogP contribution >= 0.6 is 0 Å². The number of hydrogen-bond donors (Lipinski definition) is 1. The van der Waals surface area contributed by atoms with Crippen LogP contribution in [-0.2, 0) is 15.1 Å². The van der Waals surface area contributed by atoms with Crippen LogP contribution in [0.3, 0.4) is 0 Å². The van der Waals surface area contributed by atoms with Gasteiger partial charge in [0.15, 0.2) is 5.60 Å². The molecule has 0 aliphatic rings. The molecular weight excluding hydrogens is 244 g/mol. The fourth-order valence-electron chi connectivity index (χ4n) is 1.85. The molecule has 0 radical (unpaired) electrons. The van der Waals surface area contributed by atoms with E-state index in [4.69, 9.17) is 14.6 Å². The Morgan fingerprint density at radius 2 is 1.95 bits per heavy atom. The van der Waals surface area contributed by atoms with Gasteiger partial charge in [0.1, 0.15) is 0 Å². The van der Waals surface area contributed by atoms with Crippen LogP contribution in [-0.4, -0.2) is 24.0 Å². The molecule has 0 aliphatic heterocycles. The van der Waals surface area contributed by atoms with Crippen molar-refractivity contribution >= 4 is 6.16 Å². The second kappa shape index (κ2) is 7.14. The van der Waals surface area contributed by atoms with E-state index in [1.807, 2.05) is 51.1 Å². The predicted octanol–water partition coefficient (Wildman–Crippen LogP) is 3.80. The van der Waals surface area contributed by atoms with Crippen LogP contribution in [0.5, 0.6) is 0 Å². The number of ether oxygens (including phenoxy) is 2. The molecule has 1 aromatic carbocycles. The first-order chi connectivity index (χ1) is 9.04. The molecule has 1 N–H and O–H groups in total. The zero-order valence-electron chi connectivity index (χ0n) is 11.8. The summed E-state index contributed by atoms with van der Waals surface area (Å²) in [7, 11) is 0. The monoisotopic (exact) mass is 266 g/mol. The summed E-state index contributed by atoms with van der Waals surface area (Å²) in [5, 5.41) is 8.99. The molecule has 0 aromatic heterocycles. The van der Waals surface area contributed by atoms with Crippen LogP contribution in [0.25, 0.3) is 0 Å². The van der Waals surface area contributed by atoms with E-state index in [-0.39, 0.29) is 12.7 Å². The summed E-state index contributed by atoms with van der Waals surface area (Å²) in [5.41, 5.74) is -0.112. The van der Waals surface area contributed by atoms with Crippen molar-refractivity contribution in [1.29, 1.82) is 0 Å². The van der Waals surface area contributed by atoms with Crippen molar-refractivity contribution in [2.24, 2.45) is 0 Å². The van der Waals surface area contributed by atoms with E-state index in [1.54, 1.807) is 0 Å². The molecule has 0 amide bonds. The average Bonchev–Trinajstić information content (AvgIpc) is 2.43. The second-order valence-electron chi connectivity index (χ2n) is 4.61. The molecular formula is C15H22O4. The van der Waals surface area contributed by atoms with Crippen molar-refractivity contribution in [3.8, 4) is 0 Å². The van der Waals surface area contributed by atoms with E-state index in [0.717, 1.165) is 12.0 Å². The largest absolute Gasteiger partial charge is 0.506 e. The number of carbonyl (C=O) groups is 1. The van der Waals surface area contributed by atoms with Gasteiger partial charge in [0.25, 0.3) is 0 Å².